The summed E-state index contributed by atoms with van der Waals surface area (Å²) in [4.78, 5) is 22.8. The van der Waals surface area contributed by atoms with Crippen LogP contribution in [0.1, 0.15) is 29.9 Å². The lowest BCUT2D eigenvalue weighted by Gasteiger charge is -2.32. The zero-order valence-corrected chi connectivity index (χ0v) is 17.4. The SMILES string of the molecule is Cn1cc(CN2CCC(c3ccn(C)c(=O)c3)CC2)c(-c2ccccc2)n1.O=CO. The monoisotopic (exact) mass is 408 g/mol. The van der Waals surface area contributed by atoms with E-state index in [0.29, 0.717) is 5.92 Å². The number of carbonyl (C=O) groups is 1. The summed E-state index contributed by atoms with van der Waals surface area (Å²) >= 11 is 0. The number of aromatic nitrogens is 3. The number of rotatable bonds is 4. The number of hydrogen-bond donors (Lipinski definition) is 1. The molecule has 0 atom stereocenters. The van der Waals surface area contributed by atoms with E-state index in [1.54, 1.807) is 17.7 Å². The fraction of sp³-hybridized carbons (Fsp3) is 0.348. The predicted octanol–water partition coefficient (Wildman–Crippen LogP) is 2.87. The van der Waals surface area contributed by atoms with E-state index in [0.717, 1.165) is 38.2 Å². The van der Waals surface area contributed by atoms with E-state index >= 15 is 0 Å². The van der Waals surface area contributed by atoms with E-state index in [-0.39, 0.29) is 12.0 Å². The summed E-state index contributed by atoms with van der Waals surface area (Å²) in [7, 11) is 3.78. The van der Waals surface area contributed by atoms with Gasteiger partial charge in [0, 0.05) is 50.2 Å². The zero-order valence-electron chi connectivity index (χ0n) is 17.4. The van der Waals surface area contributed by atoms with Gasteiger partial charge in [0.2, 0.25) is 0 Å². The molecule has 30 heavy (non-hydrogen) atoms. The molecular formula is C23H28N4O3. The third-order valence-electron chi connectivity index (χ3n) is 5.53. The van der Waals surface area contributed by atoms with Crippen LogP contribution in [0, 0.1) is 0 Å². The van der Waals surface area contributed by atoms with Crippen LogP contribution in [0.4, 0.5) is 0 Å². The first-order valence-electron chi connectivity index (χ1n) is 10.1. The molecule has 1 aliphatic rings. The average Bonchev–Trinajstić information content (AvgIpc) is 3.12. The summed E-state index contributed by atoms with van der Waals surface area (Å²) in [6.45, 7) is 2.76. The molecule has 0 radical (unpaired) electrons. The van der Waals surface area contributed by atoms with Gasteiger partial charge < -0.3 is 9.67 Å². The molecule has 1 saturated heterocycles. The maximum atomic E-state index is 11.9. The number of piperidine rings is 1. The molecule has 0 spiro atoms. The topological polar surface area (TPSA) is 80.4 Å². The molecule has 1 fully saturated rings. The van der Waals surface area contributed by atoms with Crippen LogP contribution < -0.4 is 5.56 Å². The van der Waals surface area contributed by atoms with E-state index < -0.39 is 0 Å². The van der Waals surface area contributed by atoms with Gasteiger partial charge in [0.05, 0.1) is 5.69 Å². The van der Waals surface area contributed by atoms with Crippen LogP contribution in [0.2, 0.25) is 0 Å². The molecule has 3 heterocycles. The number of pyridine rings is 1. The first kappa shape index (κ1) is 21.5. The van der Waals surface area contributed by atoms with Crippen LogP contribution >= 0.6 is 0 Å². The van der Waals surface area contributed by atoms with Crippen LogP contribution in [0.5, 0.6) is 0 Å². The average molecular weight is 409 g/mol. The molecule has 0 aliphatic carbocycles. The summed E-state index contributed by atoms with van der Waals surface area (Å²) in [5, 5.41) is 11.6. The van der Waals surface area contributed by atoms with Gasteiger partial charge in [-0.3, -0.25) is 19.2 Å². The van der Waals surface area contributed by atoms with Crippen molar-refractivity contribution in [2.75, 3.05) is 13.1 Å². The summed E-state index contributed by atoms with van der Waals surface area (Å²) in [5.74, 6) is 0.484. The van der Waals surface area contributed by atoms with Crippen LogP contribution in [0.15, 0.2) is 59.7 Å². The van der Waals surface area contributed by atoms with Crippen molar-refractivity contribution in [3.8, 4) is 11.3 Å². The fourth-order valence-corrected chi connectivity index (χ4v) is 3.98. The highest BCUT2D eigenvalue weighted by atomic mass is 16.3. The second kappa shape index (κ2) is 10.0. The highest BCUT2D eigenvalue weighted by Gasteiger charge is 2.22. The van der Waals surface area contributed by atoms with Crippen molar-refractivity contribution >= 4 is 6.47 Å². The lowest BCUT2D eigenvalue weighted by atomic mass is 9.90. The third-order valence-corrected chi connectivity index (χ3v) is 5.53. The van der Waals surface area contributed by atoms with Crippen molar-refractivity contribution in [3.05, 3.63) is 76.3 Å². The van der Waals surface area contributed by atoms with Gasteiger partial charge in [0.1, 0.15) is 0 Å². The maximum Gasteiger partial charge on any atom is 0.290 e. The Morgan fingerprint density at radius 2 is 1.80 bits per heavy atom. The number of nitrogens with zero attached hydrogens (tertiary/aromatic N) is 4. The van der Waals surface area contributed by atoms with Gasteiger partial charge in [-0.05, 0) is 43.5 Å². The Bertz CT molecular complexity index is 1020. The predicted molar refractivity (Wildman–Crippen MR) is 116 cm³/mol. The third kappa shape index (κ3) is 5.24. The van der Waals surface area contributed by atoms with Crippen molar-refractivity contribution in [3.63, 3.8) is 0 Å². The first-order valence-corrected chi connectivity index (χ1v) is 10.1. The standard InChI is InChI=1S/C22H26N4O.CH2O2/c1-24-11-8-19(14-21(24)27)17-9-12-26(13-10-17)16-20-15-25(2)23-22(20)18-6-4-3-5-7-18;2-1-3/h3-8,11,14-15,17H,9-10,12-13,16H2,1-2H3;1H,(H,2,3). The molecule has 7 heteroatoms. The number of hydrogen-bond acceptors (Lipinski definition) is 4. The van der Waals surface area contributed by atoms with E-state index in [1.165, 1.54) is 16.7 Å². The van der Waals surface area contributed by atoms with Crippen molar-refractivity contribution in [1.29, 1.82) is 0 Å². The van der Waals surface area contributed by atoms with Crippen LogP contribution in [-0.2, 0) is 25.4 Å². The van der Waals surface area contributed by atoms with Gasteiger partial charge >= 0.3 is 0 Å². The van der Waals surface area contributed by atoms with Crippen molar-refractivity contribution < 1.29 is 9.90 Å². The lowest BCUT2D eigenvalue weighted by molar-refractivity contribution is -0.122. The van der Waals surface area contributed by atoms with E-state index in [2.05, 4.69) is 46.5 Å². The smallest absolute Gasteiger partial charge is 0.290 e. The van der Waals surface area contributed by atoms with Gasteiger partial charge in [-0.25, -0.2) is 0 Å². The molecule has 1 N–H and O–H groups in total. The van der Waals surface area contributed by atoms with Crippen LogP contribution in [0.25, 0.3) is 11.3 Å². The number of likely N-dealkylation sites (tertiary alicyclic amines) is 1. The number of benzene rings is 1. The highest BCUT2D eigenvalue weighted by molar-refractivity contribution is 5.62. The fourth-order valence-electron chi connectivity index (χ4n) is 3.98. The summed E-state index contributed by atoms with van der Waals surface area (Å²) in [6.07, 6.45) is 6.20. The maximum absolute atomic E-state index is 11.9. The Labute approximate surface area is 176 Å². The summed E-state index contributed by atoms with van der Waals surface area (Å²) < 4.78 is 3.54. The molecule has 0 unspecified atom stereocenters. The molecule has 0 bridgehead atoms. The van der Waals surface area contributed by atoms with Crippen LogP contribution in [-0.4, -0.2) is 43.9 Å². The molecular weight excluding hydrogens is 380 g/mol. The molecule has 1 aliphatic heterocycles. The number of aryl methyl sites for hydroxylation is 2. The Morgan fingerprint density at radius 1 is 1.13 bits per heavy atom. The second-order valence-corrected chi connectivity index (χ2v) is 7.61. The van der Waals surface area contributed by atoms with Gasteiger partial charge in [-0.2, -0.15) is 5.10 Å². The minimum Gasteiger partial charge on any atom is -0.483 e. The van der Waals surface area contributed by atoms with E-state index in [9.17, 15) is 4.79 Å². The minimum atomic E-state index is -0.250. The molecule has 4 rings (SSSR count). The second-order valence-electron chi connectivity index (χ2n) is 7.61. The highest BCUT2D eigenvalue weighted by Crippen LogP contribution is 2.29. The van der Waals surface area contributed by atoms with Gasteiger partial charge in [-0.15, -0.1) is 0 Å². The van der Waals surface area contributed by atoms with E-state index in [4.69, 9.17) is 9.90 Å². The van der Waals surface area contributed by atoms with E-state index in [1.807, 2.05) is 24.0 Å². The largest absolute Gasteiger partial charge is 0.483 e. The lowest BCUT2D eigenvalue weighted by Crippen LogP contribution is -2.33. The molecule has 0 amide bonds. The zero-order chi connectivity index (χ0) is 21.5. The summed E-state index contributed by atoms with van der Waals surface area (Å²) in [5.41, 5.74) is 4.78. The van der Waals surface area contributed by atoms with Gasteiger partial charge in [-0.1, -0.05) is 30.3 Å². The molecule has 3 aromatic rings. The number of carboxylic acid groups (broad SMARTS) is 1. The van der Waals surface area contributed by atoms with Gasteiger partial charge in [0.25, 0.3) is 12.0 Å². The molecule has 158 valence electrons. The van der Waals surface area contributed by atoms with Crippen molar-refractivity contribution in [2.24, 2.45) is 14.1 Å². The first-order chi connectivity index (χ1) is 14.5. The Balaban J connectivity index is 0.000000806. The quantitative estimate of drug-likeness (QED) is 0.672. The summed E-state index contributed by atoms with van der Waals surface area (Å²) in [6, 6.07) is 14.3. The van der Waals surface area contributed by atoms with Crippen molar-refractivity contribution in [1.82, 2.24) is 19.2 Å². The molecule has 7 nitrogen and oxygen atoms in total. The molecule has 2 aromatic heterocycles. The van der Waals surface area contributed by atoms with Crippen LogP contribution in [0.3, 0.4) is 0 Å². The van der Waals surface area contributed by atoms with Gasteiger partial charge in [0.15, 0.2) is 0 Å². The van der Waals surface area contributed by atoms with Crippen molar-refractivity contribution in [2.45, 2.75) is 25.3 Å². The normalized spacial score (nSPS) is 14.7. The Morgan fingerprint density at radius 3 is 2.43 bits per heavy atom. The minimum absolute atomic E-state index is 0.0813. The molecule has 0 saturated carbocycles. The Kier molecular flexibility index (Phi) is 7.19. The Hall–Kier alpha value is -3.19. The molecule has 1 aromatic carbocycles.